The molecule has 2 aromatic heterocycles. The van der Waals surface area contributed by atoms with Gasteiger partial charge in [0.05, 0.1) is 27.8 Å². The fraction of sp³-hybridized carbons (Fsp3) is 0.0476. The van der Waals surface area contributed by atoms with E-state index >= 15 is 0 Å². The number of carbonyl (C=O) groups is 1. The first kappa shape index (κ1) is 18.7. The number of nitrogens with zero attached hydrogens (tertiary/aromatic N) is 2. The van der Waals surface area contributed by atoms with Crippen LogP contribution >= 0.6 is 0 Å². The molecule has 0 aliphatic carbocycles. The van der Waals surface area contributed by atoms with E-state index in [0.717, 1.165) is 18.2 Å². The molecule has 0 aliphatic rings. The Bertz CT molecular complexity index is 1270. The summed E-state index contributed by atoms with van der Waals surface area (Å²) < 4.78 is 54.9. The third-order valence-corrected chi connectivity index (χ3v) is 4.46. The van der Waals surface area contributed by atoms with Crippen LogP contribution in [-0.2, 0) is 11.0 Å². The topological polar surface area (TPSA) is 46.4 Å². The lowest BCUT2D eigenvalue weighted by molar-refractivity contribution is -0.137. The maximum absolute atomic E-state index is 14.6. The summed E-state index contributed by atoms with van der Waals surface area (Å²) in [5.74, 6) is -1.42. The van der Waals surface area contributed by atoms with Crippen LogP contribution in [0.25, 0.3) is 27.8 Å². The Morgan fingerprint density at radius 2 is 1.90 bits per heavy atom. The zero-order valence-electron chi connectivity index (χ0n) is 14.8. The number of anilines is 1. The van der Waals surface area contributed by atoms with Gasteiger partial charge in [0.25, 0.3) is 0 Å². The summed E-state index contributed by atoms with van der Waals surface area (Å²) in [5.41, 5.74) is 1.20. The molecular weight excluding hydrogens is 386 g/mol. The van der Waals surface area contributed by atoms with Crippen molar-refractivity contribution in [3.8, 4) is 11.3 Å². The molecule has 0 fully saturated rings. The summed E-state index contributed by atoms with van der Waals surface area (Å²) >= 11 is 0. The highest BCUT2D eigenvalue weighted by Gasteiger charge is 2.31. The van der Waals surface area contributed by atoms with Crippen molar-refractivity contribution in [1.82, 2.24) is 9.38 Å². The molecule has 0 unspecified atom stereocenters. The Labute approximate surface area is 162 Å². The summed E-state index contributed by atoms with van der Waals surface area (Å²) in [7, 11) is 0. The molecule has 1 N–H and O–H groups in total. The van der Waals surface area contributed by atoms with Crippen LogP contribution in [0, 0.1) is 5.82 Å². The van der Waals surface area contributed by atoms with Crippen LogP contribution in [0.1, 0.15) is 5.56 Å². The Morgan fingerprint density at radius 3 is 2.59 bits per heavy atom. The SMILES string of the molecule is C=CC(=O)Nc1ccc2c(c1)nc(-c1ccc(C(F)(F)F)cc1F)c1cccn12. The van der Waals surface area contributed by atoms with Crippen molar-refractivity contribution in [3.63, 3.8) is 0 Å². The first-order valence-electron chi connectivity index (χ1n) is 8.49. The second-order valence-corrected chi connectivity index (χ2v) is 6.31. The van der Waals surface area contributed by atoms with E-state index in [2.05, 4.69) is 16.9 Å². The number of amides is 1. The smallest absolute Gasteiger partial charge is 0.322 e. The minimum atomic E-state index is -4.64. The number of hydrogen-bond acceptors (Lipinski definition) is 2. The summed E-state index contributed by atoms with van der Waals surface area (Å²) in [4.78, 5) is 16.0. The molecule has 4 nitrogen and oxygen atoms in total. The molecule has 0 saturated heterocycles. The summed E-state index contributed by atoms with van der Waals surface area (Å²) in [6.45, 7) is 3.39. The third kappa shape index (κ3) is 3.33. The predicted molar refractivity (Wildman–Crippen MR) is 102 cm³/mol. The third-order valence-electron chi connectivity index (χ3n) is 4.46. The maximum atomic E-state index is 14.6. The van der Waals surface area contributed by atoms with Crippen LogP contribution in [0.15, 0.2) is 67.4 Å². The Morgan fingerprint density at radius 1 is 1.10 bits per heavy atom. The number of aromatic nitrogens is 2. The van der Waals surface area contributed by atoms with Gasteiger partial charge in [0, 0.05) is 17.4 Å². The second-order valence-electron chi connectivity index (χ2n) is 6.31. The number of benzene rings is 2. The monoisotopic (exact) mass is 399 g/mol. The van der Waals surface area contributed by atoms with E-state index in [1.54, 1.807) is 40.9 Å². The molecule has 1 amide bonds. The number of carbonyl (C=O) groups excluding carboxylic acids is 1. The van der Waals surface area contributed by atoms with Crippen LogP contribution in [0.3, 0.4) is 0 Å². The van der Waals surface area contributed by atoms with Gasteiger partial charge in [-0.1, -0.05) is 6.58 Å². The molecule has 2 aromatic carbocycles. The van der Waals surface area contributed by atoms with E-state index in [1.807, 2.05) is 0 Å². The fourth-order valence-electron chi connectivity index (χ4n) is 3.13. The molecule has 0 bridgehead atoms. The van der Waals surface area contributed by atoms with Crippen molar-refractivity contribution in [2.24, 2.45) is 0 Å². The van der Waals surface area contributed by atoms with Crippen molar-refractivity contribution >= 4 is 28.1 Å². The predicted octanol–water partition coefficient (Wildman–Crippen LogP) is 5.44. The lowest BCUT2D eigenvalue weighted by Crippen LogP contribution is -2.07. The van der Waals surface area contributed by atoms with Gasteiger partial charge < -0.3 is 9.72 Å². The second kappa shape index (κ2) is 6.73. The normalized spacial score (nSPS) is 11.7. The van der Waals surface area contributed by atoms with E-state index in [-0.39, 0.29) is 11.3 Å². The molecule has 0 atom stereocenters. The van der Waals surface area contributed by atoms with Gasteiger partial charge in [-0.05, 0) is 54.6 Å². The summed E-state index contributed by atoms with van der Waals surface area (Å²) in [6.07, 6.45) is -1.78. The highest BCUT2D eigenvalue weighted by molar-refractivity contribution is 6.00. The minimum Gasteiger partial charge on any atom is -0.322 e. The molecule has 0 spiro atoms. The molecule has 146 valence electrons. The number of alkyl halides is 3. The van der Waals surface area contributed by atoms with Gasteiger partial charge in [-0.3, -0.25) is 4.79 Å². The number of fused-ring (bicyclic) bond motifs is 3. The average molecular weight is 399 g/mol. The van der Waals surface area contributed by atoms with Gasteiger partial charge in [-0.2, -0.15) is 13.2 Å². The fourth-order valence-corrected chi connectivity index (χ4v) is 3.13. The number of halogens is 4. The highest BCUT2D eigenvalue weighted by atomic mass is 19.4. The summed E-state index contributed by atoms with van der Waals surface area (Å²) in [5, 5.41) is 2.61. The molecule has 0 saturated carbocycles. The van der Waals surface area contributed by atoms with E-state index in [0.29, 0.717) is 28.3 Å². The van der Waals surface area contributed by atoms with Gasteiger partial charge in [-0.25, -0.2) is 9.37 Å². The number of rotatable bonds is 3. The zero-order valence-corrected chi connectivity index (χ0v) is 14.8. The quantitative estimate of drug-likeness (QED) is 0.369. The maximum Gasteiger partial charge on any atom is 0.416 e. The first-order chi connectivity index (χ1) is 13.8. The van der Waals surface area contributed by atoms with E-state index in [1.165, 1.54) is 0 Å². The molecule has 0 aliphatic heterocycles. The van der Waals surface area contributed by atoms with E-state index in [4.69, 9.17) is 0 Å². The van der Waals surface area contributed by atoms with Crippen molar-refractivity contribution in [3.05, 3.63) is 78.8 Å². The minimum absolute atomic E-state index is 0.0517. The van der Waals surface area contributed by atoms with Crippen LogP contribution < -0.4 is 5.32 Å². The molecule has 0 radical (unpaired) electrons. The first-order valence-corrected chi connectivity index (χ1v) is 8.49. The van der Waals surface area contributed by atoms with E-state index in [9.17, 15) is 22.4 Å². The lowest BCUT2D eigenvalue weighted by atomic mass is 10.1. The molecule has 2 heterocycles. The highest BCUT2D eigenvalue weighted by Crippen LogP contribution is 2.34. The standard InChI is InChI=1S/C21H13F4N3O/c1-2-19(29)26-13-6-8-17-16(11-13)27-20(18-4-3-9-28(17)18)14-7-5-12(10-15(14)22)21(23,24)25/h2-11H,1H2,(H,26,29). The van der Waals surface area contributed by atoms with Crippen LogP contribution in [0.4, 0.5) is 23.2 Å². The molecular formula is C21H13F4N3O. The van der Waals surface area contributed by atoms with Crippen molar-refractivity contribution < 1.29 is 22.4 Å². The average Bonchev–Trinajstić information content (AvgIpc) is 3.16. The van der Waals surface area contributed by atoms with Crippen molar-refractivity contribution in [1.29, 1.82) is 0 Å². The van der Waals surface area contributed by atoms with Gasteiger partial charge in [-0.15, -0.1) is 0 Å². The molecule has 4 aromatic rings. The van der Waals surface area contributed by atoms with Crippen LogP contribution in [0.5, 0.6) is 0 Å². The van der Waals surface area contributed by atoms with Gasteiger partial charge in [0.2, 0.25) is 5.91 Å². The Kier molecular flexibility index (Phi) is 4.34. The van der Waals surface area contributed by atoms with Crippen molar-refractivity contribution in [2.75, 3.05) is 5.32 Å². The van der Waals surface area contributed by atoms with E-state index < -0.39 is 23.5 Å². The zero-order chi connectivity index (χ0) is 20.8. The Hall–Kier alpha value is -3.68. The molecule has 29 heavy (non-hydrogen) atoms. The van der Waals surface area contributed by atoms with Gasteiger partial charge >= 0.3 is 6.18 Å². The van der Waals surface area contributed by atoms with Gasteiger partial charge in [0.1, 0.15) is 5.82 Å². The number of nitrogens with one attached hydrogen (secondary N) is 1. The number of hydrogen-bond donors (Lipinski definition) is 1. The Balaban J connectivity index is 1.92. The largest absolute Gasteiger partial charge is 0.416 e. The van der Waals surface area contributed by atoms with Crippen LogP contribution in [-0.4, -0.2) is 15.3 Å². The van der Waals surface area contributed by atoms with Gasteiger partial charge in [0.15, 0.2) is 0 Å². The summed E-state index contributed by atoms with van der Waals surface area (Å²) in [6, 6.07) is 10.8. The molecule has 4 rings (SSSR count). The molecule has 8 heteroatoms. The van der Waals surface area contributed by atoms with Crippen LogP contribution in [0.2, 0.25) is 0 Å². The lowest BCUT2D eigenvalue weighted by Gasteiger charge is -2.12. The van der Waals surface area contributed by atoms with Crippen molar-refractivity contribution in [2.45, 2.75) is 6.18 Å².